The van der Waals surface area contributed by atoms with Crippen LogP contribution in [0, 0.1) is 0 Å². The van der Waals surface area contributed by atoms with Crippen molar-refractivity contribution in [3.63, 3.8) is 0 Å². The standard InChI is InChI=1S/C14H20N6.HI/c1-3-15-14(16-9-12-7-5-4-6-8-12)17-10-13-19-18-11-20(13)2;/h4-8,11H,3,9-10H2,1-2H3,(H2,15,16,17);1H. The molecule has 0 unspecified atom stereocenters. The summed E-state index contributed by atoms with van der Waals surface area (Å²) in [7, 11) is 1.92. The second-order valence-electron chi connectivity index (χ2n) is 4.39. The van der Waals surface area contributed by atoms with Crippen molar-refractivity contribution >= 4 is 29.9 Å². The lowest BCUT2D eigenvalue weighted by atomic mass is 10.2. The van der Waals surface area contributed by atoms with Crippen LogP contribution in [0.3, 0.4) is 0 Å². The second-order valence-corrected chi connectivity index (χ2v) is 4.39. The molecular weight excluding hydrogens is 379 g/mol. The molecule has 0 radical (unpaired) electrons. The predicted molar refractivity (Wildman–Crippen MR) is 94.5 cm³/mol. The van der Waals surface area contributed by atoms with Crippen LogP contribution >= 0.6 is 24.0 Å². The lowest BCUT2D eigenvalue weighted by Crippen LogP contribution is -2.37. The SMILES string of the molecule is CCNC(=NCc1ccccc1)NCc1nncn1C.I. The van der Waals surface area contributed by atoms with Crippen molar-refractivity contribution in [1.82, 2.24) is 25.4 Å². The minimum atomic E-state index is 0. The number of aromatic nitrogens is 3. The van der Waals surface area contributed by atoms with Gasteiger partial charge in [0.25, 0.3) is 0 Å². The maximum absolute atomic E-state index is 4.55. The second kappa shape index (κ2) is 9.32. The molecule has 1 aromatic heterocycles. The summed E-state index contributed by atoms with van der Waals surface area (Å²) in [5, 5.41) is 14.4. The molecule has 0 saturated heterocycles. The number of halogens is 1. The number of benzene rings is 1. The summed E-state index contributed by atoms with van der Waals surface area (Å²) in [6, 6.07) is 10.2. The highest BCUT2D eigenvalue weighted by Crippen LogP contribution is 2.00. The van der Waals surface area contributed by atoms with Crippen LogP contribution in [-0.2, 0) is 20.1 Å². The Labute approximate surface area is 142 Å². The Morgan fingerprint density at radius 2 is 2.00 bits per heavy atom. The van der Waals surface area contributed by atoms with E-state index in [0.717, 1.165) is 18.3 Å². The number of hydrogen-bond donors (Lipinski definition) is 2. The van der Waals surface area contributed by atoms with Gasteiger partial charge in [-0.25, -0.2) is 4.99 Å². The van der Waals surface area contributed by atoms with E-state index in [9.17, 15) is 0 Å². The fourth-order valence-electron chi connectivity index (χ4n) is 1.73. The van der Waals surface area contributed by atoms with Crippen molar-refractivity contribution in [3.8, 4) is 0 Å². The summed E-state index contributed by atoms with van der Waals surface area (Å²) in [4.78, 5) is 4.55. The van der Waals surface area contributed by atoms with Gasteiger partial charge in [0.1, 0.15) is 6.33 Å². The quantitative estimate of drug-likeness (QED) is 0.456. The van der Waals surface area contributed by atoms with Gasteiger partial charge < -0.3 is 15.2 Å². The van der Waals surface area contributed by atoms with Crippen LogP contribution < -0.4 is 10.6 Å². The van der Waals surface area contributed by atoms with E-state index in [1.165, 1.54) is 5.56 Å². The van der Waals surface area contributed by atoms with Crippen molar-refractivity contribution in [3.05, 3.63) is 48.0 Å². The molecule has 1 heterocycles. The zero-order valence-electron chi connectivity index (χ0n) is 12.3. The van der Waals surface area contributed by atoms with Crippen LogP contribution in [0.2, 0.25) is 0 Å². The van der Waals surface area contributed by atoms with Crippen LogP contribution in [-0.4, -0.2) is 27.3 Å². The zero-order chi connectivity index (χ0) is 14.2. The van der Waals surface area contributed by atoms with Crippen molar-refractivity contribution in [1.29, 1.82) is 0 Å². The monoisotopic (exact) mass is 400 g/mol. The van der Waals surface area contributed by atoms with Crippen LogP contribution in [0.25, 0.3) is 0 Å². The van der Waals surface area contributed by atoms with Crippen molar-refractivity contribution < 1.29 is 0 Å². The lowest BCUT2D eigenvalue weighted by Gasteiger charge is -2.10. The van der Waals surface area contributed by atoms with Gasteiger partial charge in [0.2, 0.25) is 0 Å². The van der Waals surface area contributed by atoms with E-state index in [1.807, 2.05) is 36.7 Å². The summed E-state index contributed by atoms with van der Waals surface area (Å²) in [6.07, 6.45) is 1.69. The molecule has 0 aliphatic carbocycles. The average molecular weight is 400 g/mol. The zero-order valence-corrected chi connectivity index (χ0v) is 14.6. The Morgan fingerprint density at radius 3 is 2.62 bits per heavy atom. The third-order valence-corrected chi connectivity index (χ3v) is 2.83. The molecule has 0 saturated carbocycles. The molecule has 0 atom stereocenters. The number of aryl methyl sites for hydroxylation is 1. The fraction of sp³-hybridized carbons (Fsp3) is 0.357. The van der Waals surface area contributed by atoms with Gasteiger partial charge in [0.15, 0.2) is 11.8 Å². The molecule has 2 N–H and O–H groups in total. The van der Waals surface area contributed by atoms with Crippen LogP contribution in [0.1, 0.15) is 18.3 Å². The third-order valence-electron chi connectivity index (χ3n) is 2.83. The van der Waals surface area contributed by atoms with Gasteiger partial charge in [-0.2, -0.15) is 0 Å². The lowest BCUT2D eigenvalue weighted by molar-refractivity contribution is 0.726. The molecule has 0 fully saturated rings. The van der Waals surface area contributed by atoms with Gasteiger partial charge in [0.05, 0.1) is 13.1 Å². The Balaban J connectivity index is 0.00000220. The van der Waals surface area contributed by atoms with E-state index >= 15 is 0 Å². The summed E-state index contributed by atoms with van der Waals surface area (Å²) in [5.74, 6) is 1.65. The third kappa shape index (κ3) is 5.70. The highest BCUT2D eigenvalue weighted by Gasteiger charge is 2.02. The predicted octanol–water partition coefficient (Wildman–Crippen LogP) is 1.69. The Kier molecular flexibility index (Phi) is 7.73. The molecule has 7 heteroatoms. The van der Waals surface area contributed by atoms with Gasteiger partial charge >= 0.3 is 0 Å². The molecule has 1 aromatic carbocycles. The molecule has 0 aliphatic rings. The highest BCUT2D eigenvalue weighted by molar-refractivity contribution is 14.0. The molecule has 0 amide bonds. The molecule has 6 nitrogen and oxygen atoms in total. The normalized spacial score (nSPS) is 10.9. The minimum absolute atomic E-state index is 0. The molecule has 0 spiro atoms. The first-order chi connectivity index (χ1) is 9.79. The number of rotatable bonds is 5. The fourth-order valence-corrected chi connectivity index (χ4v) is 1.73. The molecule has 21 heavy (non-hydrogen) atoms. The van der Waals surface area contributed by atoms with E-state index in [0.29, 0.717) is 13.1 Å². The van der Waals surface area contributed by atoms with Crippen molar-refractivity contribution in [2.45, 2.75) is 20.0 Å². The van der Waals surface area contributed by atoms with E-state index in [-0.39, 0.29) is 24.0 Å². The topological polar surface area (TPSA) is 67.1 Å². The van der Waals surface area contributed by atoms with Crippen LogP contribution in [0.15, 0.2) is 41.7 Å². The highest BCUT2D eigenvalue weighted by atomic mass is 127. The molecule has 0 aliphatic heterocycles. The summed E-state index contributed by atoms with van der Waals surface area (Å²) in [6.45, 7) is 4.10. The first kappa shape index (κ1) is 17.4. The smallest absolute Gasteiger partial charge is 0.191 e. The van der Waals surface area contributed by atoms with Crippen LogP contribution in [0.4, 0.5) is 0 Å². The first-order valence-corrected chi connectivity index (χ1v) is 6.68. The van der Waals surface area contributed by atoms with Crippen molar-refractivity contribution in [2.75, 3.05) is 6.54 Å². The molecule has 2 aromatic rings. The summed E-state index contributed by atoms with van der Waals surface area (Å²) < 4.78 is 1.88. The number of nitrogens with zero attached hydrogens (tertiary/aromatic N) is 4. The van der Waals surface area contributed by atoms with Gasteiger partial charge in [-0.05, 0) is 12.5 Å². The van der Waals surface area contributed by atoms with E-state index in [2.05, 4.69) is 38.0 Å². The maximum atomic E-state index is 4.55. The number of guanidine groups is 1. The number of hydrogen-bond acceptors (Lipinski definition) is 3. The number of aliphatic imine (C=N–C) groups is 1. The van der Waals surface area contributed by atoms with E-state index in [1.54, 1.807) is 6.33 Å². The maximum Gasteiger partial charge on any atom is 0.191 e. The van der Waals surface area contributed by atoms with Gasteiger partial charge in [0, 0.05) is 13.6 Å². The van der Waals surface area contributed by atoms with E-state index in [4.69, 9.17) is 0 Å². The van der Waals surface area contributed by atoms with Gasteiger partial charge in [-0.3, -0.25) is 0 Å². The largest absolute Gasteiger partial charge is 0.357 e. The number of nitrogens with one attached hydrogen (secondary N) is 2. The Hall–Kier alpha value is -1.64. The van der Waals surface area contributed by atoms with E-state index < -0.39 is 0 Å². The molecule has 2 rings (SSSR count). The van der Waals surface area contributed by atoms with Crippen LogP contribution in [0.5, 0.6) is 0 Å². The van der Waals surface area contributed by atoms with Gasteiger partial charge in [-0.1, -0.05) is 30.3 Å². The first-order valence-electron chi connectivity index (χ1n) is 6.68. The summed E-state index contributed by atoms with van der Waals surface area (Å²) in [5.41, 5.74) is 1.18. The Bertz CT molecular complexity index is 552. The summed E-state index contributed by atoms with van der Waals surface area (Å²) >= 11 is 0. The van der Waals surface area contributed by atoms with Gasteiger partial charge in [-0.15, -0.1) is 34.2 Å². The Morgan fingerprint density at radius 1 is 1.24 bits per heavy atom. The molecule has 0 bridgehead atoms. The minimum Gasteiger partial charge on any atom is -0.357 e. The van der Waals surface area contributed by atoms with Crippen molar-refractivity contribution in [2.24, 2.45) is 12.0 Å². The average Bonchev–Trinajstić information content (AvgIpc) is 2.88. The molecule has 114 valence electrons. The molecular formula is C14H21IN6.